The van der Waals surface area contributed by atoms with E-state index in [1.165, 1.54) is 0 Å². The molecule has 0 aliphatic rings. The standard InChI is InChI=1S/C7H13NO2S/c1-2-4-8-6(3-5-11)7(9)10/h2,6,8,11H,1,3-5H2,(H,9,10)/t6-/m0/s1. The fourth-order valence-corrected chi connectivity index (χ4v) is 0.926. The molecule has 0 fully saturated rings. The summed E-state index contributed by atoms with van der Waals surface area (Å²) in [6, 6.07) is -0.495. The van der Waals surface area contributed by atoms with Crippen molar-refractivity contribution in [2.45, 2.75) is 12.5 Å². The summed E-state index contributed by atoms with van der Waals surface area (Å²) >= 11 is 3.95. The van der Waals surface area contributed by atoms with Gasteiger partial charge in [0.15, 0.2) is 0 Å². The van der Waals surface area contributed by atoms with E-state index in [0.29, 0.717) is 18.7 Å². The number of hydrogen-bond donors (Lipinski definition) is 3. The first kappa shape index (κ1) is 10.5. The molecule has 2 N–H and O–H groups in total. The fraction of sp³-hybridized carbons (Fsp3) is 0.571. The van der Waals surface area contributed by atoms with Gasteiger partial charge in [0.05, 0.1) is 0 Å². The first-order valence-electron chi connectivity index (χ1n) is 3.40. The van der Waals surface area contributed by atoms with Crippen LogP contribution in [0.5, 0.6) is 0 Å². The van der Waals surface area contributed by atoms with E-state index in [-0.39, 0.29) is 0 Å². The number of carboxylic acids is 1. The Labute approximate surface area is 71.9 Å². The van der Waals surface area contributed by atoms with Crippen molar-refractivity contribution in [2.75, 3.05) is 12.3 Å². The average Bonchev–Trinajstić information content (AvgIpc) is 1.97. The summed E-state index contributed by atoms with van der Waals surface area (Å²) < 4.78 is 0. The monoisotopic (exact) mass is 175 g/mol. The number of aliphatic carboxylic acids is 1. The Hall–Kier alpha value is -0.480. The van der Waals surface area contributed by atoms with Crippen LogP contribution in [0.25, 0.3) is 0 Å². The molecule has 1 atom stereocenters. The van der Waals surface area contributed by atoms with E-state index >= 15 is 0 Å². The van der Waals surface area contributed by atoms with Crippen molar-refractivity contribution in [1.82, 2.24) is 5.32 Å². The van der Waals surface area contributed by atoms with Crippen LogP contribution in [0.2, 0.25) is 0 Å². The molecule has 11 heavy (non-hydrogen) atoms. The van der Waals surface area contributed by atoms with Crippen molar-refractivity contribution >= 4 is 18.6 Å². The molecule has 0 rings (SSSR count). The van der Waals surface area contributed by atoms with Gasteiger partial charge < -0.3 is 10.4 Å². The molecular weight excluding hydrogens is 162 g/mol. The highest BCUT2D eigenvalue weighted by molar-refractivity contribution is 7.80. The molecule has 0 saturated carbocycles. The van der Waals surface area contributed by atoms with Gasteiger partial charge in [0.25, 0.3) is 0 Å². The smallest absolute Gasteiger partial charge is 0.320 e. The minimum absolute atomic E-state index is 0.495. The quantitative estimate of drug-likeness (QED) is 0.408. The highest BCUT2D eigenvalue weighted by Gasteiger charge is 2.13. The number of rotatable bonds is 6. The summed E-state index contributed by atoms with van der Waals surface area (Å²) in [4.78, 5) is 10.5. The molecule has 0 radical (unpaired) electrons. The van der Waals surface area contributed by atoms with E-state index in [1.54, 1.807) is 6.08 Å². The third-order valence-corrected chi connectivity index (χ3v) is 1.48. The second kappa shape index (κ2) is 6.24. The van der Waals surface area contributed by atoms with Gasteiger partial charge in [0.2, 0.25) is 0 Å². The van der Waals surface area contributed by atoms with Crippen molar-refractivity contribution < 1.29 is 9.90 Å². The molecule has 3 nitrogen and oxygen atoms in total. The first-order chi connectivity index (χ1) is 5.22. The lowest BCUT2D eigenvalue weighted by Crippen LogP contribution is -2.36. The summed E-state index contributed by atoms with van der Waals surface area (Å²) in [5.41, 5.74) is 0. The molecule has 0 aromatic heterocycles. The number of carbonyl (C=O) groups is 1. The fourth-order valence-electron chi connectivity index (χ4n) is 0.668. The zero-order chi connectivity index (χ0) is 8.69. The van der Waals surface area contributed by atoms with Crippen LogP contribution in [0.4, 0.5) is 0 Å². The lowest BCUT2D eigenvalue weighted by Gasteiger charge is -2.10. The summed E-state index contributed by atoms with van der Waals surface area (Å²) in [7, 11) is 0. The number of thiol groups is 1. The normalized spacial score (nSPS) is 12.5. The molecule has 0 unspecified atom stereocenters. The zero-order valence-electron chi connectivity index (χ0n) is 6.29. The second-order valence-electron chi connectivity index (χ2n) is 2.10. The van der Waals surface area contributed by atoms with Crippen LogP contribution in [0.1, 0.15) is 6.42 Å². The molecule has 4 heteroatoms. The summed E-state index contributed by atoms with van der Waals surface area (Å²) in [5.74, 6) is -0.262. The van der Waals surface area contributed by atoms with Gasteiger partial charge in [-0.1, -0.05) is 6.08 Å². The molecule has 0 amide bonds. The highest BCUT2D eigenvalue weighted by atomic mass is 32.1. The molecule has 0 saturated heterocycles. The van der Waals surface area contributed by atoms with Crippen LogP contribution in [-0.2, 0) is 4.79 Å². The van der Waals surface area contributed by atoms with Gasteiger partial charge >= 0.3 is 5.97 Å². The van der Waals surface area contributed by atoms with Crippen LogP contribution in [0.3, 0.4) is 0 Å². The average molecular weight is 175 g/mol. The number of hydrogen-bond acceptors (Lipinski definition) is 3. The van der Waals surface area contributed by atoms with Crippen molar-refractivity contribution in [3.8, 4) is 0 Å². The predicted molar refractivity (Wildman–Crippen MR) is 48.1 cm³/mol. The van der Waals surface area contributed by atoms with Gasteiger partial charge in [0.1, 0.15) is 6.04 Å². The SMILES string of the molecule is C=CCN[C@@H](CCS)C(=O)O. The molecule has 0 aromatic carbocycles. The Morgan fingerprint density at radius 1 is 1.82 bits per heavy atom. The van der Waals surface area contributed by atoms with Crippen LogP contribution in [0.15, 0.2) is 12.7 Å². The largest absolute Gasteiger partial charge is 0.480 e. The van der Waals surface area contributed by atoms with Gasteiger partial charge in [-0.3, -0.25) is 4.79 Å². The van der Waals surface area contributed by atoms with E-state index in [0.717, 1.165) is 0 Å². The molecule has 0 aromatic rings. The predicted octanol–water partition coefficient (Wildman–Crippen LogP) is 0.535. The molecule has 0 aliphatic carbocycles. The number of carboxylic acid groups (broad SMARTS) is 1. The van der Waals surface area contributed by atoms with Gasteiger partial charge in [0, 0.05) is 6.54 Å². The molecule has 0 spiro atoms. The third-order valence-electron chi connectivity index (χ3n) is 1.22. The summed E-state index contributed by atoms with van der Waals surface area (Å²) in [5, 5.41) is 11.4. The minimum Gasteiger partial charge on any atom is -0.480 e. The van der Waals surface area contributed by atoms with Crippen molar-refractivity contribution in [2.24, 2.45) is 0 Å². The molecule has 64 valence electrons. The molecular formula is C7H13NO2S. The van der Waals surface area contributed by atoms with Crippen molar-refractivity contribution in [3.05, 3.63) is 12.7 Å². The van der Waals surface area contributed by atoms with Gasteiger partial charge in [-0.2, -0.15) is 12.6 Å². The van der Waals surface area contributed by atoms with Gasteiger partial charge in [-0.25, -0.2) is 0 Å². The van der Waals surface area contributed by atoms with Crippen molar-refractivity contribution in [1.29, 1.82) is 0 Å². The maximum atomic E-state index is 10.5. The Morgan fingerprint density at radius 2 is 2.45 bits per heavy atom. The Balaban J connectivity index is 3.68. The van der Waals surface area contributed by atoms with Gasteiger partial charge in [-0.05, 0) is 12.2 Å². The van der Waals surface area contributed by atoms with E-state index < -0.39 is 12.0 Å². The van der Waals surface area contributed by atoms with Crippen LogP contribution in [0, 0.1) is 0 Å². The third kappa shape index (κ3) is 4.86. The van der Waals surface area contributed by atoms with Crippen LogP contribution >= 0.6 is 12.6 Å². The van der Waals surface area contributed by atoms with Crippen LogP contribution < -0.4 is 5.32 Å². The van der Waals surface area contributed by atoms with Crippen LogP contribution in [-0.4, -0.2) is 29.4 Å². The highest BCUT2D eigenvalue weighted by Crippen LogP contribution is 1.93. The zero-order valence-corrected chi connectivity index (χ0v) is 7.18. The number of nitrogens with one attached hydrogen (secondary N) is 1. The Bertz CT molecular complexity index is 138. The maximum Gasteiger partial charge on any atom is 0.320 e. The Kier molecular flexibility index (Phi) is 5.97. The van der Waals surface area contributed by atoms with Crippen molar-refractivity contribution in [3.63, 3.8) is 0 Å². The van der Waals surface area contributed by atoms with E-state index in [2.05, 4.69) is 24.5 Å². The minimum atomic E-state index is -0.832. The maximum absolute atomic E-state index is 10.5. The summed E-state index contributed by atoms with van der Waals surface area (Å²) in [6.07, 6.45) is 2.17. The summed E-state index contributed by atoms with van der Waals surface area (Å²) in [6.45, 7) is 4.00. The Morgan fingerprint density at radius 3 is 2.82 bits per heavy atom. The molecule has 0 bridgehead atoms. The molecule has 0 aliphatic heterocycles. The molecule has 0 heterocycles. The first-order valence-corrected chi connectivity index (χ1v) is 4.03. The van der Waals surface area contributed by atoms with E-state index in [9.17, 15) is 4.79 Å². The lowest BCUT2D eigenvalue weighted by atomic mass is 10.2. The topological polar surface area (TPSA) is 49.3 Å². The van der Waals surface area contributed by atoms with E-state index in [1.807, 2.05) is 0 Å². The van der Waals surface area contributed by atoms with Gasteiger partial charge in [-0.15, -0.1) is 6.58 Å². The lowest BCUT2D eigenvalue weighted by molar-refractivity contribution is -0.139. The second-order valence-corrected chi connectivity index (χ2v) is 2.55. The van der Waals surface area contributed by atoms with E-state index in [4.69, 9.17) is 5.11 Å².